The number of imidazole rings is 1. The van der Waals surface area contributed by atoms with Crippen molar-refractivity contribution in [1.29, 1.82) is 0 Å². The Kier molecular flexibility index (Phi) is 4.07. The Hall–Kier alpha value is -2.31. The summed E-state index contributed by atoms with van der Waals surface area (Å²) in [5, 5.41) is 0. The average molecular weight is 278 g/mol. The van der Waals surface area contributed by atoms with Crippen LogP contribution in [0.5, 0.6) is 0 Å². The molecule has 0 aliphatic rings. The van der Waals surface area contributed by atoms with Crippen molar-refractivity contribution < 1.29 is 13.9 Å². The lowest BCUT2D eigenvalue weighted by Gasteiger charge is -2.05. The van der Waals surface area contributed by atoms with E-state index in [-0.39, 0.29) is 11.5 Å². The van der Waals surface area contributed by atoms with Crippen LogP contribution in [0.2, 0.25) is 0 Å². The van der Waals surface area contributed by atoms with E-state index in [9.17, 15) is 4.79 Å². The monoisotopic (exact) mass is 278 g/mol. The minimum atomic E-state index is -0.544. The first kappa shape index (κ1) is 14.1. The quantitative estimate of drug-likeness (QED) is 0.831. The molecule has 0 spiro atoms. The first-order chi connectivity index (χ1) is 9.60. The number of methoxy groups -OCH3 is 1. The second-order valence-electron chi connectivity index (χ2n) is 4.27. The predicted octanol–water partition coefficient (Wildman–Crippen LogP) is 1.41. The third-order valence-electron chi connectivity index (χ3n) is 3.02. The van der Waals surface area contributed by atoms with Gasteiger partial charge in [0.2, 0.25) is 5.89 Å². The molecule has 0 fully saturated rings. The highest BCUT2D eigenvalue weighted by Crippen LogP contribution is 2.18. The van der Waals surface area contributed by atoms with E-state index in [1.54, 1.807) is 10.8 Å². The smallest absolute Gasteiger partial charge is 0.360 e. The van der Waals surface area contributed by atoms with Gasteiger partial charge in [-0.15, -0.1) is 0 Å². The van der Waals surface area contributed by atoms with Gasteiger partial charge in [0.05, 0.1) is 13.3 Å². The molecule has 0 aliphatic carbocycles. The van der Waals surface area contributed by atoms with E-state index in [1.807, 2.05) is 13.8 Å². The second-order valence-corrected chi connectivity index (χ2v) is 4.27. The molecular formula is C13H18N4O3. The van der Waals surface area contributed by atoms with E-state index in [2.05, 4.69) is 14.7 Å². The first-order valence-electron chi connectivity index (χ1n) is 6.47. The molecule has 0 aromatic carbocycles. The Morgan fingerprint density at radius 1 is 1.45 bits per heavy atom. The van der Waals surface area contributed by atoms with Crippen LogP contribution in [0.15, 0.2) is 10.6 Å². The molecule has 0 radical (unpaired) electrons. The van der Waals surface area contributed by atoms with Crippen molar-refractivity contribution in [2.24, 2.45) is 0 Å². The molecule has 20 heavy (non-hydrogen) atoms. The summed E-state index contributed by atoms with van der Waals surface area (Å²) >= 11 is 0. The number of carbonyl (C=O) groups is 1. The average Bonchev–Trinajstić information content (AvgIpc) is 3.04. The third kappa shape index (κ3) is 2.52. The van der Waals surface area contributed by atoms with Gasteiger partial charge in [0.15, 0.2) is 5.69 Å². The van der Waals surface area contributed by atoms with E-state index >= 15 is 0 Å². The van der Waals surface area contributed by atoms with Gasteiger partial charge in [-0.2, -0.15) is 0 Å². The van der Waals surface area contributed by atoms with Crippen LogP contribution < -0.4 is 5.73 Å². The van der Waals surface area contributed by atoms with Crippen molar-refractivity contribution in [2.45, 2.75) is 33.2 Å². The van der Waals surface area contributed by atoms with Gasteiger partial charge in [-0.25, -0.2) is 14.8 Å². The molecule has 0 bridgehead atoms. The van der Waals surface area contributed by atoms with Crippen LogP contribution >= 0.6 is 0 Å². The van der Waals surface area contributed by atoms with Crippen LogP contribution in [-0.4, -0.2) is 27.6 Å². The van der Waals surface area contributed by atoms with E-state index < -0.39 is 5.97 Å². The van der Waals surface area contributed by atoms with Crippen molar-refractivity contribution in [3.63, 3.8) is 0 Å². The minimum Gasteiger partial charge on any atom is -0.464 e. The van der Waals surface area contributed by atoms with Crippen LogP contribution in [0, 0.1) is 0 Å². The van der Waals surface area contributed by atoms with E-state index in [1.165, 1.54) is 7.11 Å². The molecular weight excluding hydrogens is 260 g/mol. The Bertz CT molecular complexity index is 615. The largest absolute Gasteiger partial charge is 0.464 e. The van der Waals surface area contributed by atoms with E-state index in [0.717, 1.165) is 12.2 Å². The molecule has 2 rings (SSSR count). The Morgan fingerprint density at radius 2 is 2.20 bits per heavy atom. The van der Waals surface area contributed by atoms with Crippen molar-refractivity contribution in [3.05, 3.63) is 29.4 Å². The molecule has 0 unspecified atom stereocenters. The van der Waals surface area contributed by atoms with Crippen LogP contribution in [-0.2, 0) is 24.1 Å². The highest BCUT2D eigenvalue weighted by Gasteiger charge is 2.21. The molecule has 2 aromatic heterocycles. The normalized spacial score (nSPS) is 10.8. The number of nitrogens with zero attached hydrogens (tertiary/aromatic N) is 3. The van der Waals surface area contributed by atoms with Crippen molar-refractivity contribution in [1.82, 2.24) is 14.5 Å². The van der Waals surface area contributed by atoms with Crippen LogP contribution in [0.4, 0.5) is 5.82 Å². The van der Waals surface area contributed by atoms with Gasteiger partial charge in [-0.3, -0.25) is 0 Å². The molecule has 0 atom stereocenters. The van der Waals surface area contributed by atoms with Crippen LogP contribution in [0.1, 0.15) is 41.8 Å². The summed E-state index contributed by atoms with van der Waals surface area (Å²) in [7, 11) is 1.30. The zero-order valence-corrected chi connectivity index (χ0v) is 11.8. The molecule has 0 saturated carbocycles. The molecule has 2 N–H and O–H groups in total. The van der Waals surface area contributed by atoms with Gasteiger partial charge in [-0.05, 0) is 0 Å². The number of ether oxygens (including phenoxy) is 1. The van der Waals surface area contributed by atoms with Gasteiger partial charge in [0.1, 0.15) is 23.9 Å². The number of anilines is 1. The molecule has 0 saturated heterocycles. The number of aromatic nitrogens is 3. The molecule has 0 amide bonds. The Labute approximate surface area is 116 Å². The van der Waals surface area contributed by atoms with Crippen molar-refractivity contribution >= 4 is 11.8 Å². The number of carbonyl (C=O) groups excluding carboxylic acids is 1. The summed E-state index contributed by atoms with van der Waals surface area (Å²) in [4.78, 5) is 20.0. The molecule has 2 aromatic rings. The lowest BCUT2D eigenvalue weighted by molar-refractivity contribution is 0.0595. The summed E-state index contributed by atoms with van der Waals surface area (Å²) in [5.41, 5.74) is 6.10. The van der Waals surface area contributed by atoms with Gasteiger partial charge in [0.25, 0.3) is 0 Å². The number of hydrogen-bond acceptors (Lipinski definition) is 6. The highest BCUT2D eigenvalue weighted by atomic mass is 16.5. The second kappa shape index (κ2) is 5.77. The predicted molar refractivity (Wildman–Crippen MR) is 72.3 cm³/mol. The number of aryl methyl sites for hydroxylation is 2. The van der Waals surface area contributed by atoms with Gasteiger partial charge in [-0.1, -0.05) is 13.8 Å². The molecule has 7 heteroatoms. The van der Waals surface area contributed by atoms with Crippen molar-refractivity contribution in [2.75, 3.05) is 12.8 Å². The highest BCUT2D eigenvalue weighted by molar-refractivity contribution is 5.92. The number of esters is 1. The topological polar surface area (TPSA) is 96.2 Å². The first-order valence-corrected chi connectivity index (χ1v) is 6.47. The SMILES string of the molecule is CCc1cnc(Cn2c(CC)nc(C(=O)OC)c2N)o1. The number of nitrogen functional groups attached to an aromatic ring is 1. The number of rotatable bonds is 5. The van der Waals surface area contributed by atoms with Crippen molar-refractivity contribution in [3.8, 4) is 0 Å². The fraction of sp³-hybridized carbons (Fsp3) is 0.462. The zero-order valence-electron chi connectivity index (χ0n) is 11.8. The van der Waals surface area contributed by atoms with Crippen LogP contribution in [0.3, 0.4) is 0 Å². The fourth-order valence-corrected chi connectivity index (χ4v) is 1.93. The molecule has 0 aliphatic heterocycles. The molecule has 108 valence electrons. The third-order valence-corrected chi connectivity index (χ3v) is 3.02. The lowest BCUT2D eigenvalue weighted by atomic mass is 10.4. The Morgan fingerprint density at radius 3 is 2.75 bits per heavy atom. The number of hydrogen-bond donors (Lipinski definition) is 1. The summed E-state index contributed by atoms with van der Waals surface area (Å²) in [5.74, 6) is 1.77. The zero-order chi connectivity index (χ0) is 14.7. The number of oxazole rings is 1. The van der Waals surface area contributed by atoms with Gasteiger partial charge >= 0.3 is 5.97 Å². The summed E-state index contributed by atoms with van der Waals surface area (Å²) in [6.45, 7) is 4.27. The maximum atomic E-state index is 11.6. The summed E-state index contributed by atoms with van der Waals surface area (Å²) < 4.78 is 11.9. The summed E-state index contributed by atoms with van der Waals surface area (Å²) in [6, 6.07) is 0. The van der Waals surface area contributed by atoms with Gasteiger partial charge < -0.3 is 19.5 Å². The fourth-order valence-electron chi connectivity index (χ4n) is 1.93. The van der Waals surface area contributed by atoms with E-state index in [4.69, 9.17) is 10.2 Å². The lowest BCUT2D eigenvalue weighted by Crippen LogP contribution is -2.10. The van der Waals surface area contributed by atoms with Gasteiger partial charge in [0, 0.05) is 12.8 Å². The van der Waals surface area contributed by atoms with E-state index in [0.29, 0.717) is 24.7 Å². The maximum absolute atomic E-state index is 11.6. The van der Waals surface area contributed by atoms with Crippen LogP contribution in [0.25, 0.3) is 0 Å². The standard InChI is InChI=1S/C13H18N4O3/c1-4-8-6-15-10(20-8)7-17-9(5-2)16-11(12(17)14)13(18)19-3/h6H,4-5,7,14H2,1-3H3. The molecule has 2 heterocycles. The minimum absolute atomic E-state index is 0.131. The number of nitrogens with two attached hydrogens (primary N) is 1. The maximum Gasteiger partial charge on any atom is 0.360 e. The molecule has 7 nitrogen and oxygen atoms in total. The Balaban J connectivity index is 2.35. The summed E-state index contributed by atoms with van der Waals surface area (Å²) in [6.07, 6.45) is 3.11.